The number of rotatable bonds is 22. The number of non-ortho nitro benzene ring substituents is 1. The molecule has 1 aliphatic rings. The number of anilines is 3. The van der Waals surface area contributed by atoms with E-state index < -0.39 is 46.1 Å². The van der Waals surface area contributed by atoms with Crippen LogP contribution in [0, 0.1) is 10.1 Å². The zero-order chi connectivity index (χ0) is 50.8. The minimum atomic E-state index is -0.939. The molecule has 0 spiro atoms. The molecule has 368 valence electrons. The highest BCUT2D eigenvalue weighted by Crippen LogP contribution is 2.36. The highest BCUT2D eigenvalue weighted by Gasteiger charge is 2.36. The van der Waals surface area contributed by atoms with Crippen molar-refractivity contribution in [2.45, 2.75) is 25.7 Å². The number of benzene rings is 3. The van der Waals surface area contributed by atoms with E-state index in [1.54, 1.807) is 35.6 Å². The summed E-state index contributed by atoms with van der Waals surface area (Å²) in [6.45, 7) is 2.15. The molecule has 0 radical (unpaired) electrons. The van der Waals surface area contributed by atoms with E-state index in [-0.39, 0.29) is 76.5 Å². The van der Waals surface area contributed by atoms with Gasteiger partial charge in [0.05, 0.1) is 27.5 Å². The van der Waals surface area contributed by atoms with Gasteiger partial charge >= 0.3 is 0 Å². The molecule has 22 nitrogen and oxygen atoms in total. The quantitative estimate of drug-likeness (QED) is 0.0253. The second-order valence-electron chi connectivity index (χ2n) is 17.3. The third-order valence-electron chi connectivity index (χ3n) is 11.2. The highest BCUT2D eigenvalue weighted by molar-refractivity contribution is 6.36. The topological polar surface area (TPSA) is 271 Å². The molecule has 6 N–H and O–H groups in total. The summed E-state index contributed by atoms with van der Waals surface area (Å²) in [5.74, 6) is -4.91. The van der Waals surface area contributed by atoms with Crippen molar-refractivity contribution in [1.29, 1.82) is 0 Å². The smallest absolute Gasteiger partial charge is 0.270 e. The Morgan fingerprint density at radius 3 is 1.54 bits per heavy atom. The summed E-state index contributed by atoms with van der Waals surface area (Å²) in [5, 5.41) is 28.7. The highest BCUT2D eigenvalue weighted by atomic mass is 16.6. The number of carbonyl (C=O) groups excluding carboxylic acids is 8. The zero-order valence-corrected chi connectivity index (χ0v) is 39.8. The van der Waals surface area contributed by atoms with Crippen LogP contribution in [0.25, 0.3) is 10.8 Å². The average Bonchev–Trinajstić information content (AvgIpc) is 3.87. The predicted octanol–water partition coefficient (Wildman–Crippen LogP) is 3.11. The Morgan fingerprint density at radius 1 is 0.600 bits per heavy atom. The summed E-state index contributed by atoms with van der Waals surface area (Å²) < 4.78 is 3.15. The first-order valence-electron chi connectivity index (χ1n) is 22.4. The van der Waals surface area contributed by atoms with Gasteiger partial charge in [-0.3, -0.25) is 48.5 Å². The SMILES string of the molecule is CN(C)CCCNC(=O)c1cc(NC(=O)CCNC(=O)c2cc(C(=O)NCCC(=O)Nc3cc(C(=O)NCCCN(C)C)n(C)c3)cc(N3C(=O)c4cccc5cc([N+](=O)[O-])cc(c45)C3=O)c2)cn1C. The van der Waals surface area contributed by atoms with E-state index in [0.717, 1.165) is 36.9 Å². The lowest BCUT2D eigenvalue weighted by Gasteiger charge is -2.27. The second kappa shape index (κ2) is 22.7. The first kappa shape index (κ1) is 51.2. The molecule has 0 saturated heterocycles. The van der Waals surface area contributed by atoms with Gasteiger partial charge in [-0.05, 0) is 95.9 Å². The molecule has 0 bridgehead atoms. The largest absolute Gasteiger partial charge is 0.352 e. The molecule has 3 aromatic carbocycles. The number of amides is 8. The van der Waals surface area contributed by atoms with Crippen LogP contribution in [-0.4, -0.2) is 139 Å². The van der Waals surface area contributed by atoms with Crippen molar-refractivity contribution in [2.75, 3.05) is 83.0 Å². The van der Waals surface area contributed by atoms with Gasteiger partial charge in [-0.25, -0.2) is 4.90 Å². The Morgan fingerprint density at radius 2 is 1.07 bits per heavy atom. The summed E-state index contributed by atoms with van der Waals surface area (Å²) >= 11 is 0. The van der Waals surface area contributed by atoms with Crippen LogP contribution in [0.1, 0.15) is 88.1 Å². The minimum absolute atomic E-state index is 0.0530. The summed E-state index contributed by atoms with van der Waals surface area (Å²) in [7, 11) is 11.1. The third-order valence-corrected chi connectivity index (χ3v) is 11.2. The van der Waals surface area contributed by atoms with Crippen LogP contribution < -0.4 is 36.8 Å². The molecule has 0 aliphatic carbocycles. The number of imide groups is 1. The molecular formula is C48H56N12O10. The van der Waals surface area contributed by atoms with E-state index in [4.69, 9.17) is 0 Å². The van der Waals surface area contributed by atoms with Crippen molar-refractivity contribution in [3.63, 3.8) is 0 Å². The van der Waals surface area contributed by atoms with Crippen molar-refractivity contribution in [1.82, 2.24) is 40.2 Å². The van der Waals surface area contributed by atoms with Crippen LogP contribution in [0.4, 0.5) is 22.7 Å². The maximum absolute atomic E-state index is 14.2. The molecule has 8 amide bonds. The number of nitro benzene ring substituents is 1. The fourth-order valence-corrected chi connectivity index (χ4v) is 7.76. The number of hydrogen-bond donors (Lipinski definition) is 6. The first-order chi connectivity index (χ1) is 33.3. The monoisotopic (exact) mass is 960 g/mol. The second-order valence-corrected chi connectivity index (χ2v) is 17.3. The molecule has 1 aliphatic heterocycles. The predicted molar refractivity (Wildman–Crippen MR) is 261 cm³/mol. The molecule has 0 atom stereocenters. The maximum Gasteiger partial charge on any atom is 0.270 e. The number of nitro groups is 1. The number of nitrogens with zero attached hydrogens (tertiary/aromatic N) is 6. The lowest BCUT2D eigenvalue weighted by molar-refractivity contribution is -0.384. The van der Waals surface area contributed by atoms with Gasteiger partial charge in [-0.1, -0.05) is 12.1 Å². The molecule has 6 rings (SSSR count). The van der Waals surface area contributed by atoms with Crippen LogP contribution in [0.2, 0.25) is 0 Å². The van der Waals surface area contributed by atoms with Gasteiger partial charge in [0.2, 0.25) is 11.8 Å². The molecule has 5 aromatic rings. The van der Waals surface area contributed by atoms with Crippen LogP contribution in [0.15, 0.2) is 73.1 Å². The summed E-state index contributed by atoms with van der Waals surface area (Å²) in [4.78, 5) is 123. The normalized spacial score (nSPS) is 12.0. The van der Waals surface area contributed by atoms with Gasteiger partial charge in [0.25, 0.3) is 41.1 Å². The summed E-state index contributed by atoms with van der Waals surface area (Å²) in [5.41, 5.74) is 0.315. The Kier molecular flexibility index (Phi) is 16.6. The van der Waals surface area contributed by atoms with Crippen molar-refractivity contribution < 1.29 is 43.3 Å². The van der Waals surface area contributed by atoms with Crippen LogP contribution in [-0.2, 0) is 23.7 Å². The lowest BCUT2D eigenvalue weighted by Crippen LogP contribution is -2.41. The molecule has 0 unspecified atom stereocenters. The van der Waals surface area contributed by atoms with Gasteiger partial charge in [0.15, 0.2) is 0 Å². The van der Waals surface area contributed by atoms with Crippen molar-refractivity contribution in [2.24, 2.45) is 14.1 Å². The molecule has 2 aromatic heterocycles. The fraction of sp³-hybridized carbons (Fsp3) is 0.333. The van der Waals surface area contributed by atoms with E-state index in [2.05, 4.69) is 31.9 Å². The third kappa shape index (κ3) is 12.6. The number of hydrogen-bond acceptors (Lipinski definition) is 12. The van der Waals surface area contributed by atoms with Gasteiger partial charge in [0, 0.05) is 99.7 Å². The molecule has 0 saturated carbocycles. The van der Waals surface area contributed by atoms with Crippen molar-refractivity contribution >= 4 is 80.8 Å². The Hall–Kier alpha value is -8.24. The average molecular weight is 961 g/mol. The van der Waals surface area contributed by atoms with E-state index in [9.17, 15) is 48.5 Å². The van der Waals surface area contributed by atoms with Crippen LogP contribution >= 0.6 is 0 Å². The minimum Gasteiger partial charge on any atom is -0.352 e. The molecular weight excluding hydrogens is 905 g/mol. The van der Waals surface area contributed by atoms with Crippen LogP contribution in [0.3, 0.4) is 0 Å². The fourth-order valence-electron chi connectivity index (χ4n) is 7.76. The van der Waals surface area contributed by atoms with Crippen molar-refractivity contribution in [3.05, 3.63) is 117 Å². The van der Waals surface area contributed by atoms with Gasteiger partial charge in [-0.15, -0.1) is 0 Å². The molecule has 0 fully saturated rings. The summed E-state index contributed by atoms with van der Waals surface area (Å²) in [6.07, 6.45) is 4.24. The molecule has 22 heteroatoms. The van der Waals surface area contributed by atoms with Gasteiger partial charge < -0.3 is 50.8 Å². The Balaban J connectivity index is 1.15. The van der Waals surface area contributed by atoms with Crippen LogP contribution in [0.5, 0.6) is 0 Å². The van der Waals surface area contributed by atoms with E-state index >= 15 is 0 Å². The lowest BCUT2D eigenvalue weighted by atomic mass is 9.92. The van der Waals surface area contributed by atoms with E-state index in [1.165, 1.54) is 54.6 Å². The maximum atomic E-state index is 14.2. The number of carbonyl (C=O) groups is 8. The summed E-state index contributed by atoms with van der Waals surface area (Å²) in [6, 6.07) is 13.5. The number of nitrogens with one attached hydrogen (secondary N) is 6. The van der Waals surface area contributed by atoms with E-state index in [1.807, 2.05) is 38.0 Å². The number of aromatic nitrogens is 2. The van der Waals surface area contributed by atoms with E-state index in [0.29, 0.717) is 35.9 Å². The van der Waals surface area contributed by atoms with Gasteiger partial charge in [-0.2, -0.15) is 0 Å². The standard InChI is InChI=1S/C48H56N12O10/c1-55(2)18-8-14-49-45(65)38-24-32(27-57(38)5)53-40(61)12-16-51-43(63)30-20-31(44(64)52-17-13-41(62)54-33-25-39(58(6)28-33)46(66)50-15-9-19-56(3)4)23-34(22-30)59-47(67)36-11-7-10-29-21-35(60(69)70)26-37(42(29)36)48(59)68/h7,10-11,20-28H,8-9,12-19H2,1-6H3,(H,49,65)(H,50,66)(H,51,63)(H,52,64)(H,53,61)(H,54,62). The Labute approximate surface area is 402 Å². The first-order valence-corrected chi connectivity index (χ1v) is 22.4. The zero-order valence-electron chi connectivity index (χ0n) is 39.8. The Bertz CT molecular complexity index is 2760. The van der Waals surface area contributed by atoms with Crippen molar-refractivity contribution in [3.8, 4) is 0 Å². The number of aryl methyl sites for hydroxylation is 2. The van der Waals surface area contributed by atoms with Gasteiger partial charge in [0.1, 0.15) is 11.4 Å². The molecule has 3 heterocycles. The molecule has 70 heavy (non-hydrogen) atoms.